The van der Waals surface area contributed by atoms with Crippen molar-refractivity contribution in [2.24, 2.45) is 0 Å². The molecule has 0 aromatic rings. The van der Waals surface area contributed by atoms with E-state index in [0.29, 0.717) is 19.4 Å². The van der Waals surface area contributed by atoms with Gasteiger partial charge < -0.3 is 19.1 Å². The van der Waals surface area contributed by atoms with Gasteiger partial charge in [-0.15, -0.1) is 0 Å². The van der Waals surface area contributed by atoms with Gasteiger partial charge in [0.2, 0.25) is 0 Å². The van der Waals surface area contributed by atoms with E-state index in [1.807, 2.05) is 0 Å². The lowest BCUT2D eigenvalue weighted by Gasteiger charge is -2.34. The molecule has 0 amide bonds. The second-order valence-electron chi connectivity index (χ2n) is 15.8. The molecule has 0 aliphatic carbocycles. The third-order valence-electron chi connectivity index (χ3n) is 10.6. The van der Waals surface area contributed by atoms with Crippen molar-refractivity contribution in [3.63, 3.8) is 0 Å². The van der Waals surface area contributed by atoms with Crippen molar-refractivity contribution in [2.45, 2.75) is 232 Å². The van der Waals surface area contributed by atoms with E-state index in [1.54, 1.807) is 0 Å². The Hall–Kier alpha value is -1.14. The number of quaternary nitrogens is 1. The van der Waals surface area contributed by atoms with Crippen LogP contribution < -0.4 is 0 Å². The second kappa shape index (κ2) is 37.6. The van der Waals surface area contributed by atoms with Gasteiger partial charge in [-0.25, -0.2) is 0 Å². The van der Waals surface area contributed by atoms with Crippen molar-refractivity contribution in [1.82, 2.24) is 0 Å². The summed E-state index contributed by atoms with van der Waals surface area (Å²) in [4.78, 5) is 24.7. The van der Waals surface area contributed by atoms with Gasteiger partial charge in [0.25, 0.3) is 0 Å². The number of aliphatic hydroxyl groups is 1. The maximum absolute atomic E-state index is 12.7. The van der Waals surface area contributed by atoms with Crippen LogP contribution in [0.15, 0.2) is 0 Å². The second-order valence-corrected chi connectivity index (χ2v) is 15.8. The van der Waals surface area contributed by atoms with Gasteiger partial charge in [0, 0.05) is 12.8 Å². The third-order valence-corrected chi connectivity index (χ3v) is 10.6. The Morgan fingerprint density at radius 2 is 0.860 bits per heavy atom. The summed E-state index contributed by atoms with van der Waals surface area (Å²) < 4.78 is 12.4. The Labute approximate surface area is 312 Å². The maximum atomic E-state index is 12.7. The number of carbonyl (C=O) groups is 2. The summed E-state index contributed by atoms with van der Waals surface area (Å²) >= 11 is 0. The molecule has 298 valence electrons. The van der Waals surface area contributed by atoms with Gasteiger partial charge in [-0.3, -0.25) is 9.59 Å². The van der Waals surface area contributed by atoms with E-state index in [9.17, 15) is 14.7 Å². The minimum atomic E-state index is -0.0306. The van der Waals surface area contributed by atoms with E-state index in [0.717, 1.165) is 88.3 Å². The molecule has 0 saturated carbocycles. The molecule has 6 heteroatoms. The van der Waals surface area contributed by atoms with Crippen molar-refractivity contribution < 1.29 is 28.7 Å². The summed E-state index contributed by atoms with van der Waals surface area (Å²) in [5, 5.41) is 9.72. The highest BCUT2D eigenvalue weighted by molar-refractivity contribution is 5.69. The van der Waals surface area contributed by atoms with Gasteiger partial charge in [0.15, 0.2) is 0 Å². The number of esters is 2. The lowest BCUT2D eigenvalue weighted by Crippen LogP contribution is -2.47. The normalized spacial score (nSPS) is 12.8. The molecule has 0 aromatic carbocycles. The fourth-order valence-corrected chi connectivity index (χ4v) is 7.12. The zero-order valence-electron chi connectivity index (χ0n) is 34.3. The predicted molar refractivity (Wildman–Crippen MR) is 213 cm³/mol. The summed E-state index contributed by atoms with van der Waals surface area (Å²) in [6, 6.07) is 0. The van der Waals surface area contributed by atoms with Crippen LogP contribution in [0, 0.1) is 0 Å². The van der Waals surface area contributed by atoms with Crippen LogP contribution in [-0.4, -0.2) is 67.5 Å². The van der Waals surface area contributed by atoms with Crippen LogP contribution in [0.5, 0.6) is 0 Å². The van der Waals surface area contributed by atoms with Gasteiger partial charge >= 0.3 is 11.9 Å². The molecular weight excluding hydrogens is 622 g/mol. The lowest BCUT2D eigenvalue weighted by atomic mass is 10.0. The SMILES string of the molecule is CCCCCCCCOC(=O)CCCCCCC[N+](C)(CCO)CCCCCCCC(=O)OC(CCCCCCCC)CCCCCCCC. The number of ether oxygens (including phenoxy) is 2. The number of unbranched alkanes of at least 4 members (excludes halogenated alkanes) is 23. The fourth-order valence-electron chi connectivity index (χ4n) is 7.12. The average Bonchev–Trinajstić information content (AvgIpc) is 3.10. The zero-order valence-corrected chi connectivity index (χ0v) is 34.3. The number of nitrogens with zero attached hydrogens (tertiary/aromatic N) is 1. The molecule has 6 nitrogen and oxygen atoms in total. The number of likely N-dealkylation sites (N-methyl/N-ethyl adjacent to an activating group) is 1. The summed E-state index contributed by atoms with van der Waals surface area (Å²) in [6.45, 7) is 10.6. The molecule has 0 aliphatic rings. The largest absolute Gasteiger partial charge is 0.466 e. The minimum Gasteiger partial charge on any atom is -0.466 e. The van der Waals surface area contributed by atoms with E-state index in [1.165, 1.54) is 128 Å². The van der Waals surface area contributed by atoms with Crippen LogP contribution in [0.1, 0.15) is 226 Å². The van der Waals surface area contributed by atoms with Crippen molar-refractivity contribution >= 4 is 11.9 Å². The van der Waals surface area contributed by atoms with Crippen LogP contribution in [0.3, 0.4) is 0 Å². The first kappa shape index (κ1) is 48.9. The molecule has 50 heavy (non-hydrogen) atoms. The molecule has 0 fully saturated rings. The van der Waals surface area contributed by atoms with Gasteiger partial charge in [-0.1, -0.05) is 143 Å². The van der Waals surface area contributed by atoms with Crippen LogP contribution in [0.4, 0.5) is 0 Å². The van der Waals surface area contributed by atoms with Gasteiger partial charge in [0.05, 0.1) is 33.4 Å². The quantitative estimate of drug-likeness (QED) is 0.0389. The molecular formula is C44H88NO5+. The molecule has 1 atom stereocenters. The number of aliphatic hydroxyl groups excluding tert-OH is 1. The van der Waals surface area contributed by atoms with Gasteiger partial charge in [-0.2, -0.15) is 0 Å². The van der Waals surface area contributed by atoms with Crippen LogP contribution in [-0.2, 0) is 19.1 Å². The van der Waals surface area contributed by atoms with E-state index in [-0.39, 0.29) is 24.6 Å². The van der Waals surface area contributed by atoms with E-state index < -0.39 is 0 Å². The molecule has 0 aromatic heterocycles. The lowest BCUT2D eigenvalue weighted by molar-refractivity contribution is -0.910. The molecule has 0 rings (SSSR count). The Morgan fingerprint density at radius 3 is 1.32 bits per heavy atom. The van der Waals surface area contributed by atoms with Crippen LogP contribution in [0.2, 0.25) is 0 Å². The smallest absolute Gasteiger partial charge is 0.306 e. The van der Waals surface area contributed by atoms with Gasteiger partial charge in [-0.05, 0) is 70.6 Å². The topological polar surface area (TPSA) is 72.8 Å². The molecule has 1 unspecified atom stereocenters. The highest BCUT2D eigenvalue weighted by atomic mass is 16.5. The first-order chi connectivity index (χ1) is 24.4. The maximum Gasteiger partial charge on any atom is 0.306 e. The highest BCUT2D eigenvalue weighted by Gasteiger charge is 2.20. The summed E-state index contributed by atoms with van der Waals surface area (Å²) in [5.74, 6) is -0.0143. The Balaban J connectivity index is 4.08. The fraction of sp³-hybridized carbons (Fsp3) is 0.955. The van der Waals surface area contributed by atoms with Gasteiger partial charge in [0.1, 0.15) is 12.6 Å². The summed E-state index contributed by atoms with van der Waals surface area (Å²) in [7, 11) is 2.29. The number of carbonyl (C=O) groups excluding carboxylic acids is 2. The molecule has 0 bridgehead atoms. The summed E-state index contributed by atoms with van der Waals surface area (Å²) in [5.41, 5.74) is 0. The van der Waals surface area contributed by atoms with E-state index in [4.69, 9.17) is 9.47 Å². The Kier molecular flexibility index (Phi) is 36.8. The zero-order chi connectivity index (χ0) is 36.8. The van der Waals surface area contributed by atoms with Crippen LogP contribution in [0.25, 0.3) is 0 Å². The molecule has 0 radical (unpaired) electrons. The van der Waals surface area contributed by atoms with Crippen molar-refractivity contribution in [2.75, 3.05) is 39.9 Å². The average molecular weight is 711 g/mol. The standard InChI is InChI=1S/C44H88NO5/c1-5-8-11-14-19-26-33-42(34-27-20-15-12-9-6-2)50-44(48)36-29-22-18-24-31-38-45(4,39-40-46)37-30-23-17-21-28-35-43(47)49-41-32-25-16-13-10-7-3/h42,46H,5-41H2,1-4H3/q+1. The van der Waals surface area contributed by atoms with Crippen LogP contribution >= 0.6 is 0 Å². The van der Waals surface area contributed by atoms with Crippen molar-refractivity contribution in [3.8, 4) is 0 Å². The first-order valence-electron chi connectivity index (χ1n) is 22.2. The number of hydrogen-bond donors (Lipinski definition) is 1. The first-order valence-corrected chi connectivity index (χ1v) is 22.2. The molecule has 0 spiro atoms. The predicted octanol–water partition coefficient (Wildman–Crippen LogP) is 12.4. The van der Waals surface area contributed by atoms with Crippen molar-refractivity contribution in [1.29, 1.82) is 0 Å². The van der Waals surface area contributed by atoms with Crippen molar-refractivity contribution in [3.05, 3.63) is 0 Å². The van der Waals surface area contributed by atoms with E-state index >= 15 is 0 Å². The molecule has 0 aliphatic heterocycles. The number of rotatable bonds is 40. The Bertz CT molecular complexity index is 715. The summed E-state index contributed by atoms with van der Waals surface area (Å²) in [6.07, 6.45) is 37.0. The van der Waals surface area contributed by atoms with E-state index in [2.05, 4.69) is 27.8 Å². The highest BCUT2D eigenvalue weighted by Crippen LogP contribution is 2.19. The Morgan fingerprint density at radius 1 is 0.480 bits per heavy atom. The minimum absolute atomic E-state index is 0.0163. The monoisotopic (exact) mass is 711 g/mol. The molecule has 0 saturated heterocycles. The third kappa shape index (κ3) is 34.0. The number of hydrogen-bond acceptors (Lipinski definition) is 5. The molecule has 1 N–H and O–H groups in total. The molecule has 0 heterocycles.